The molecule has 0 amide bonds. The highest BCUT2D eigenvalue weighted by molar-refractivity contribution is 5.66. The van der Waals surface area contributed by atoms with Gasteiger partial charge < -0.3 is 14.4 Å². The SMILES string of the molecule is CCC(CC)n1cc(-c2cncc(-c3cc(-c4ccc(CNC5(C)CC5)cc4)no3)n2)ccc1=O. The molecule has 5 rings (SSSR count). The van der Waals surface area contributed by atoms with Gasteiger partial charge in [0.05, 0.1) is 18.1 Å². The van der Waals surface area contributed by atoms with E-state index in [0.717, 1.165) is 36.2 Å². The zero-order chi connectivity index (χ0) is 24.4. The normalized spacial score (nSPS) is 14.4. The lowest BCUT2D eigenvalue weighted by atomic mass is 10.1. The van der Waals surface area contributed by atoms with Crippen molar-refractivity contribution in [1.29, 1.82) is 0 Å². The standard InChI is InChI=1S/C28H31N5O2/c1-4-22(5-2)33-18-21(10-11-27(33)34)24-16-29-17-25(31-24)26-14-23(32-35-26)20-8-6-19(7-9-20)15-30-28(3)12-13-28/h6-11,14,16-18,22,30H,4-5,12-13,15H2,1-3H3. The van der Waals surface area contributed by atoms with Crippen molar-refractivity contribution in [2.24, 2.45) is 0 Å². The van der Waals surface area contributed by atoms with Crippen LogP contribution in [0.1, 0.15) is 58.1 Å². The van der Waals surface area contributed by atoms with Gasteiger partial charge in [0.1, 0.15) is 11.4 Å². The molecule has 3 aromatic heterocycles. The first kappa shape index (κ1) is 23.2. The van der Waals surface area contributed by atoms with Gasteiger partial charge in [0.2, 0.25) is 0 Å². The largest absolute Gasteiger partial charge is 0.354 e. The van der Waals surface area contributed by atoms with Crippen LogP contribution in [0.4, 0.5) is 0 Å². The molecule has 0 atom stereocenters. The van der Waals surface area contributed by atoms with E-state index in [1.54, 1.807) is 29.1 Å². The molecule has 4 aromatic rings. The van der Waals surface area contributed by atoms with Crippen molar-refractivity contribution in [3.63, 3.8) is 0 Å². The average Bonchev–Trinajstić information content (AvgIpc) is 3.42. The second-order valence-electron chi connectivity index (χ2n) is 9.61. The number of benzene rings is 1. The Morgan fingerprint density at radius 1 is 1.00 bits per heavy atom. The van der Waals surface area contributed by atoms with Crippen molar-refractivity contribution >= 4 is 0 Å². The molecule has 180 valence electrons. The Labute approximate surface area is 205 Å². The minimum atomic E-state index is -0.00465. The monoisotopic (exact) mass is 469 g/mol. The van der Waals surface area contributed by atoms with Gasteiger partial charge in [0.15, 0.2) is 5.76 Å². The summed E-state index contributed by atoms with van der Waals surface area (Å²) in [6.45, 7) is 7.32. The third kappa shape index (κ3) is 5.10. The first-order chi connectivity index (χ1) is 17.0. The van der Waals surface area contributed by atoms with Gasteiger partial charge in [-0.05, 0) is 44.2 Å². The lowest BCUT2D eigenvalue weighted by Gasteiger charge is -2.17. The fourth-order valence-corrected chi connectivity index (χ4v) is 4.25. The van der Waals surface area contributed by atoms with Gasteiger partial charge in [-0.1, -0.05) is 43.3 Å². The minimum absolute atomic E-state index is 0.00465. The summed E-state index contributed by atoms with van der Waals surface area (Å²) in [4.78, 5) is 21.5. The van der Waals surface area contributed by atoms with Crippen LogP contribution in [0.25, 0.3) is 34.0 Å². The molecule has 35 heavy (non-hydrogen) atoms. The molecule has 0 spiro atoms. The average molecular weight is 470 g/mol. The Hall–Kier alpha value is -3.58. The number of rotatable bonds is 9. The molecule has 1 aliphatic rings. The van der Waals surface area contributed by atoms with Crippen molar-refractivity contribution in [3.8, 4) is 34.0 Å². The first-order valence-electron chi connectivity index (χ1n) is 12.3. The molecule has 0 bridgehead atoms. The maximum Gasteiger partial charge on any atom is 0.250 e. The summed E-state index contributed by atoms with van der Waals surface area (Å²) in [5.41, 5.74) is 5.43. The first-order valence-corrected chi connectivity index (χ1v) is 12.3. The van der Waals surface area contributed by atoms with Gasteiger partial charge in [0.25, 0.3) is 5.56 Å². The Bertz CT molecular complexity index is 1360. The van der Waals surface area contributed by atoms with E-state index in [1.165, 1.54) is 18.4 Å². The van der Waals surface area contributed by atoms with Gasteiger partial charge in [-0.25, -0.2) is 4.98 Å². The third-order valence-electron chi connectivity index (χ3n) is 6.94. The van der Waals surface area contributed by atoms with Crippen molar-refractivity contribution in [2.45, 2.75) is 64.6 Å². The highest BCUT2D eigenvalue weighted by atomic mass is 16.5. The van der Waals surface area contributed by atoms with Crippen molar-refractivity contribution in [3.05, 3.63) is 77.0 Å². The highest BCUT2D eigenvalue weighted by Crippen LogP contribution is 2.34. The van der Waals surface area contributed by atoms with Crippen LogP contribution in [-0.2, 0) is 6.54 Å². The summed E-state index contributed by atoms with van der Waals surface area (Å²) in [5, 5.41) is 7.86. The number of pyridine rings is 1. The zero-order valence-electron chi connectivity index (χ0n) is 20.5. The molecule has 0 saturated heterocycles. The molecule has 3 heterocycles. The fraction of sp³-hybridized carbons (Fsp3) is 0.357. The van der Waals surface area contributed by atoms with Crippen LogP contribution in [-0.4, -0.2) is 25.2 Å². The number of nitrogens with zero attached hydrogens (tertiary/aromatic N) is 4. The van der Waals surface area contributed by atoms with E-state index < -0.39 is 0 Å². The molecule has 0 radical (unpaired) electrons. The number of hydrogen-bond acceptors (Lipinski definition) is 6. The predicted molar refractivity (Wildman–Crippen MR) is 137 cm³/mol. The van der Waals surface area contributed by atoms with E-state index in [1.807, 2.05) is 12.3 Å². The third-order valence-corrected chi connectivity index (χ3v) is 6.94. The number of nitrogens with one attached hydrogen (secondary N) is 1. The minimum Gasteiger partial charge on any atom is -0.354 e. The lowest BCUT2D eigenvalue weighted by Crippen LogP contribution is -2.26. The van der Waals surface area contributed by atoms with E-state index in [0.29, 0.717) is 22.7 Å². The molecule has 1 aliphatic carbocycles. The number of hydrogen-bond donors (Lipinski definition) is 1. The van der Waals surface area contributed by atoms with Crippen LogP contribution in [0.15, 0.2) is 70.4 Å². The van der Waals surface area contributed by atoms with Crippen LogP contribution < -0.4 is 10.9 Å². The van der Waals surface area contributed by atoms with Gasteiger partial charge in [-0.15, -0.1) is 0 Å². The van der Waals surface area contributed by atoms with E-state index >= 15 is 0 Å². The summed E-state index contributed by atoms with van der Waals surface area (Å²) < 4.78 is 7.41. The molecular weight excluding hydrogens is 438 g/mol. The summed E-state index contributed by atoms with van der Waals surface area (Å²) in [5.74, 6) is 0.551. The summed E-state index contributed by atoms with van der Waals surface area (Å²) >= 11 is 0. The van der Waals surface area contributed by atoms with Gasteiger partial charge in [-0.2, -0.15) is 0 Å². The maximum absolute atomic E-state index is 12.4. The molecule has 1 N–H and O–H groups in total. The maximum atomic E-state index is 12.4. The molecule has 1 aromatic carbocycles. The second kappa shape index (κ2) is 9.58. The van der Waals surface area contributed by atoms with Crippen LogP contribution in [0, 0.1) is 0 Å². The van der Waals surface area contributed by atoms with Crippen molar-refractivity contribution in [1.82, 2.24) is 25.0 Å². The van der Waals surface area contributed by atoms with Crippen molar-refractivity contribution in [2.75, 3.05) is 0 Å². The Morgan fingerprint density at radius 3 is 2.43 bits per heavy atom. The number of aromatic nitrogens is 4. The van der Waals surface area contributed by atoms with Crippen LogP contribution in [0.5, 0.6) is 0 Å². The summed E-state index contributed by atoms with van der Waals surface area (Å²) in [7, 11) is 0. The molecule has 0 unspecified atom stereocenters. The molecular formula is C28H31N5O2. The van der Waals surface area contributed by atoms with E-state index in [9.17, 15) is 4.79 Å². The predicted octanol–water partition coefficient (Wildman–Crippen LogP) is 5.63. The summed E-state index contributed by atoms with van der Waals surface area (Å²) in [6.07, 6.45) is 9.52. The Morgan fingerprint density at radius 2 is 1.71 bits per heavy atom. The van der Waals surface area contributed by atoms with Gasteiger partial charge in [0, 0.05) is 47.6 Å². The van der Waals surface area contributed by atoms with E-state index in [-0.39, 0.29) is 11.6 Å². The van der Waals surface area contributed by atoms with Crippen molar-refractivity contribution < 1.29 is 4.52 Å². The van der Waals surface area contributed by atoms with E-state index in [4.69, 9.17) is 9.51 Å². The quantitative estimate of drug-likeness (QED) is 0.342. The van der Waals surface area contributed by atoms with Crippen LogP contribution in [0.3, 0.4) is 0 Å². The van der Waals surface area contributed by atoms with Crippen LogP contribution in [0.2, 0.25) is 0 Å². The fourth-order valence-electron chi connectivity index (χ4n) is 4.25. The van der Waals surface area contributed by atoms with E-state index in [2.05, 4.69) is 60.5 Å². The molecule has 7 nitrogen and oxygen atoms in total. The van der Waals surface area contributed by atoms with Gasteiger partial charge in [-0.3, -0.25) is 9.78 Å². The molecule has 1 saturated carbocycles. The second-order valence-corrected chi connectivity index (χ2v) is 9.61. The molecule has 7 heteroatoms. The zero-order valence-corrected chi connectivity index (χ0v) is 20.5. The van der Waals surface area contributed by atoms with Gasteiger partial charge >= 0.3 is 0 Å². The highest BCUT2D eigenvalue weighted by Gasteiger charge is 2.36. The smallest absolute Gasteiger partial charge is 0.250 e. The molecule has 0 aliphatic heterocycles. The van der Waals surface area contributed by atoms with Crippen LogP contribution >= 0.6 is 0 Å². The topological polar surface area (TPSA) is 85.8 Å². The lowest BCUT2D eigenvalue weighted by molar-refractivity contribution is 0.433. The Kier molecular flexibility index (Phi) is 6.34. The Balaban J connectivity index is 1.36. The summed E-state index contributed by atoms with van der Waals surface area (Å²) in [6, 6.07) is 13.8. The molecule has 1 fully saturated rings.